The van der Waals surface area contributed by atoms with Gasteiger partial charge < -0.3 is 30.6 Å². The third kappa shape index (κ3) is 4.75. The maximum Gasteiger partial charge on any atom is 0.187 e. The quantitative estimate of drug-likeness (QED) is 0.241. The summed E-state index contributed by atoms with van der Waals surface area (Å²) in [5.41, 5.74) is -2.22. The number of aliphatic hydroxyl groups is 6. The zero-order chi connectivity index (χ0) is 16.1. The van der Waals surface area contributed by atoms with E-state index >= 15 is 0 Å². The average Bonchev–Trinajstić information content (AvgIpc) is 2.42. The number of hydrogen-bond donors (Lipinski definition) is 6. The number of Topliss-reactive ketones (excluding diaryl/α,β-unsaturated/α-hetero) is 1. The van der Waals surface area contributed by atoms with Crippen molar-refractivity contribution < 1.29 is 40.2 Å². The van der Waals surface area contributed by atoms with E-state index in [2.05, 4.69) is 6.58 Å². The standard InChI is InChI=1S/C12H19O8/c1-3-8(16)12(2,20)4-6(14)9(17)11(19)10(18)7(15)5-13/h3-4,7,9-11,13,15,17-20H,1,5H2,2H3/t7-,9+,10-,11-,12?/m1/s1. The second kappa shape index (κ2) is 7.58. The lowest BCUT2D eigenvalue weighted by Crippen LogP contribution is -2.50. The molecule has 0 amide bonds. The zero-order valence-electron chi connectivity index (χ0n) is 10.9. The Morgan fingerprint density at radius 1 is 1.20 bits per heavy atom. The van der Waals surface area contributed by atoms with E-state index in [9.17, 15) is 30.0 Å². The fourth-order valence-electron chi connectivity index (χ4n) is 1.33. The molecule has 0 fully saturated rings. The first-order valence-electron chi connectivity index (χ1n) is 5.70. The third-order valence-corrected chi connectivity index (χ3v) is 2.65. The van der Waals surface area contributed by atoms with Crippen LogP contribution in [-0.2, 0) is 9.59 Å². The van der Waals surface area contributed by atoms with Crippen LogP contribution in [0.5, 0.6) is 0 Å². The number of carbonyl (C=O) groups excluding carboxylic acids is 2. The Morgan fingerprint density at radius 2 is 1.70 bits per heavy atom. The molecule has 5 atom stereocenters. The third-order valence-electron chi connectivity index (χ3n) is 2.65. The van der Waals surface area contributed by atoms with Crippen LogP contribution in [0.25, 0.3) is 0 Å². The molecular formula is C12H19O8. The van der Waals surface area contributed by atoms with Gasteiger partial charge in [-0.1, -0.05) is 6.58 Å². The van der Waals surface area contributed by atoms with E-state index in [-0.39, 0.29) is 0 Å². The predicted octanol–water partition coefficient (Wildman–Crippen LogP) is -3.30. The van der Waals surface area contributed by atoms with E-state index < -0.39 is 48.2 Å². The summed E-state index contributed by atoms with van der Waals surface area (Å²) in [6.45, 7) is 3.21. The summed E-state index contributed by atoms with van der Waals surface area (Å²) in [5.74, 6) is -2.13. The van der Waals surface area contributed by atoms with Gasteiger partial charge in [0.1, 0.15) is 30.0 Å². The van der Waals surface area contributed by atoms with E-state index in [4.69, 9.17) is 10.2 Å². The van der Waals surface area contributed by atoms with Gasteiger partial charge in [0.2, 0.25) is 0 Å². The first kappa shape index (κ1) is 18.8. The van der Waals surface area contributed by atoms with Crippen LogP contribution < -0.4 is 0 Å². The van der Waals surface area contributed by atoms with Crippen molar-refractivity contribution >= 4 is 11.6 Å². The first-order chi connectivity index (χ1) is 9.08. The predicted molar refractivity (Wildman–Crippen MR) is 66.2 cm³/mol. The van der Waals surface area contributed by atoms with E-state index in [0.29, 0.717) is 6.42 Å². The maximum atomic E-state index is 11.6. The van der Waals surface area contributed by atoms with Gasteiger partial charge in [0.25, 0.3) is 0 Å². The summed E-state index contributed by atoms with van der Waals surface area (Å²) in [7, 11) is 0. The van der Waals surface area contributed by atoms with Crippen molar-refractivity contribution in [2.45, 2.75) is 36.9 Å². The topological polar surface area (TPSA) is 156 Å². The van der Waals surface area contributed by atoms with Gasteiger partial charge >= 0.3 is 0 Å². The Balaban J connectivity index is 4.78. The van der Waals surface area contributed by atoms with Gasteiger partial charge in [-0.05, 0) is 13.0 Å². The number of rotatable bonds is 9. The second-order valence-electron chi connectivity index (χ2n) is 4.44. The van der Waals surface area contributed by atoms with Crippen LogP contribution in [0.2, 0.25) is 0 Å². The molecular weight excluding hydrogens is 272 g/mol. The van der Waals surface area contributed by atoms with Crippen LogP contribution in [0.15, 0.2) is 12.7 Å². The highest BCUT2D eigenvalue weighted by molar-refractivity contribution is 6.04. The summed E-state index contributed by atoms with van der Waals surface area (Å²) in [5, 5.41) is 55.6. The van der Waals surface area contributed by atoms with Crippen LogP contribution in [-0.4, -0.2) is 78.8 Å². The van der Waals surface area contributed by atoms with E-state index in [0.717, 1.165) is 13.0 Å². The number of carbonyl (C=O) groups is 2. The van der Waals surface area contributed by atoms with E-state index in [1.807, 2.05) is 0 Å². The molecule has 0 spiro atoms. The lowest BCUT2D eigenvalue weighted by molar-refractivity contribution is -0.147. The molecule has 20 heavy (non-hydrogen) atoms. The number of hydrogen-bond acceptors (Lipinski definition) is 8. The minimum absolute atomic E-state index is 0.461. The van der Waals surface area contributed by atoms with Crippen LogP contribution in [0.4, 0.5) is 0 Å². The molecule has 0 heterocycles. The average molecular weight is 291 g/mol. The number of ketones is 2. The zero-order valence-corrected chi connectivity index (χ0v) is 10.9. The van der Waals surface area contributed by atoms with Crippen molar-refractivity contribution in [3.05, 3.63) is 19.1 Å². The lowest BCUT2D eigenvalue weighted by Gasteiger charge is -2.26. The molecule has 0 saturated heterocycles. The Kier molecular flexibility index (Phi) is 7.14. The van der Waals surface area contributed by atoms with Gasteiger partial charge in [0.15, 0.2) is 11.6 Å². The molecule has 0 aliphatic rings. The molecule has 8 nitrogen and oxygen atoms in total. The summed E-state index contributed by atoms with van der Waals surface area (Å²) in [4.78, 5) is 22.8. The van der Waals surface area contributed by atoms with E-state index in [1.54, 1.807) is 0 Å². The van der Waals surface area contributed by atoms with Gasteiger partial charge in [-0.15, -0.1) is 0 Å². The highest BCUT2D eigenvalue weighted by Gasteiger charge is 2.39. The highest BCUT2D eigenvalue weighted by atomic mass is 16.4. The molecule has 0 aromatic carbocycles. The number of aliphatic hydroxyl groups excluding tert-OH is 5. The fourth-order valence-corrected chi connectivity index (χ4v) is 1.33. The van der Waals surface area contributed by atoms with Crippen LogP contribution in [0.3, 0.4) is 0 Å². The largest absolute Gasteiger partial charge is 0.394 e. The van der Waals surface area contributed by atoms with Gasteiger partial charge in [-0.2, -0.15) is 0 Å². The molecule has 0 rings (SSSR count). The van der Waals surface area contributed by atoms with Gasteiger partial charge in [0.05, 0.1) is 13.0 Å². The first-order valence-corrected chi connectivity index (χ1v) is 5.70. The molecule has 0 aromatic rings. The Bertz CT molecular complexity index is 364. The lowest BCUT2D eigenvalue weighted by atomic mass is 9.89. The molecule has 115 valence electrons. The molecule has 0 aliphatic heterocycles. The molecule has 0 saturated carbocycles. The van der Waals surface area contributed by atoms with Crippen LogP contribution >= 0.6 is 0 Å². The second-order valence-corrected chi connectivity index (χ2v) is 4.44. The molecule has 0 aromatic heterocycles. The van der Waals surface area contributed by atoms with Gasteiger partial charge in [-0.3, -0.25) is 9.59 Å². The highest BCUT2D eigenvalue weighted by Crippen LogP contribution is 2.15. The molecule has 1 radical (unpaired) electrons. The fraction of sp³-hybridized carbons (Fsp3) is 0.583. The molecule has 0 aliphatic carbocycles. The Labute approximate surface area is 115 Å². The molecule has 8 heteroatoms. The summed E-state index contributed by atoms with van der Waals surface area (Å²) >= 11 is 0. The summed E-state index contributed by atoms with van der Waals surface area (Å²) in [6.07, 6.45) is -6.79. The van der Waals surface area contributed by atoms with Crippen molar-refractivity contribution in [3.63, 3.8) is 0 Å². The molecule has 1 unspecified atom stereocenters. The van der Waals surface area contributed by atoms with Crippen molar-refractivity contribution in [2.75, 3.05) is 6.61 Å². The molecule has 6 N–H and O–H groups in total. The Hall–Kier alpha value is -1.16. The van der Waals surface area contributed by atoms with Gasteiger partial charge in [-0.25, -0.2) is 0 Å². The Morgan fingerprint density at radius 3 is 2.10 bits per heavy atom. The summed E-state index contributed by atoms with van der Waals surface area (Å²) < 4.78 is 0. The molecule has 0 bridgehead atoms. The van der Waals surface area contributed by atoms with Crippen LogP contribution in [0, 0.1) is 6.42 Å². The van der Waals surface area contributed by atoms with Crippen molar-refractivity contribution in [1.82, 2.24) is 0 Å². The SMILES string of the molecule is C=CC(=O)C(C)(O)[CH]C(=O)[C@H](O)[C@@H](O)[C@H](O)[C@H](O)CO. The van der Waals surface area contributed by atoms with Crippen molar-refractivity contribution in [3.8, 4) is 0 Å². The van der Waals surface area contributed by atoms with Gasteiger partial charge in [0, 0.05) is 0 Å². The monoisotopic (exact) mass is 291 g/mol. The smallest absolute Gasteiger partial charge is 0.187 e. The maximum absolute atomic E-state index is 11.6. The summed E-state index contributed by atoms with van der Waals surface area (Å²) in [6, 6.07) is 0. The minimum atomic E-state index is -2.22. The normalized spacial score (nSPS) is 20.4. The van der Waals surface area contributed by atoms with E-state index in [1.165, 1.54) is 0 Å². The van der Waals surface area contributed by atoms with Crippen molar-refractivity contribution in [1.29, 1.82) is 0 Å². The van der Waals surface area contributed by atoms with Crippen molar-refractivity contribution in [2.24, 2.45) is 0 Å². The minimum Gasteiger partial charge on any atom is -0.394 e. The van der Waals surface area contributed by atoms with Crippen LogP contribution in [0.1, 0.15) is 6.92 Å².